The number of esters is 1. The molecule has 3 aromatic rings. The quantitative estimate of drug-likeness (QED) is 0.292. The summed E-state index contributed by atoms with van der Waals surface area (Å²) in [4.78, 5) is 24.7. The molecule has 3 aromatic carbocycles. The van der Waals surface area contributed by atoms with Gasteiger partial charge in [-0.3, -0.25) is 9.59 Å². The molecular formula is C27H30ClN3O4. The number of amides is 1. The Balaban J connectivity index is 1.77. The molecule has 0 aromatic heterocycles. The number of rotatable bonds is 11. The number of benzene rings is 3. The van der Waals surface area contributed by atoms with E-state index in [1.165, 1.54) is 0 Å². The molecule has 8 heteroatoms. The summed E-state index contributed by atoms with van der Waals surface area (Å²) in [7, 11) is 0. The fourth-order valence-electron chi connectivity index (χ4n) is 3.28. The van der Waals surface area contributed by atoms with Crippen molar-refractivity contribution in [1.29, 1.82) is 0 Å². The maximum absolute atomic E-state index is 13.0. The van der Waals surface area contributed by atoms with Gasteiger partial charge in [0.15, 0.2) is 0 Å². The number of nitrogens with one attached hydrogen (secondary N) is 3. The highest BCUT2D eigenvalue weighted by Crippen LogP contribution is 2.26. The number of carbonyl (C=O) groups excluding carboxylic acids is 2. The zero-order valence-electron chi connectivity index (χ0n) is 20.1. The van der Waals surface area contributed by atoms with Gasteiger partial charge < -0.3 is 25.4 Å². The molecule has 0 aliphatic rings. The number of anilines is 3. The molecule has 0 saturated heterocycles. The first-order chi connectivity index (χ1) is 16.8. The lowest BCUT2D eigenvalue weighted by Gasteiger charge is -2.15. The van der Waals surface area contributed by atoms with Crippen LogP contribution in [0.15, 0.2) is 66.7 Å². The van der Waals surface area contributed by atoms with Crippen molar-refractivity contribution < 1.29 is 19.1 Å². The molecule has 0 spiro atoms. The second-order valence-electron chi connectivity index (χ2n) is 8.04. The lowest BCUT2D eigenvalue weighted by molar-refractivity contribution is -0.141. The SMILES string of the molecule is CCOC(=O)CNC(=O)c1cc(Nc2ccc(OC(C)C)cc2)ccc1NCc1ccc(Cl)cc1. The van der Waals surface area contributed by atoms with Crippen LogP contribution in [0, 0.1) is 0 Å². The summed E-state index contributed by atoms with van der Waals surface area (Å²) in [5, 5.41) is 9.89. The van der Waals surface area contributed by atoms with Gasteiger partial charge in [-0.05, 0) is 80.9 Å². The number of ether oxygens (including phenoxy) is 2. The maximum atomic E-state index is 13.0. The summed E-state index contributed by atoms with van der Waals surface area (Å²) in [6.07, 6.45) is 0.0948. The van der Waals surface area contributed by atoms with Crippen molar-refractivity contribution in [1.82, 2.24) is 5.32 Å². The van der Waals surface area contributed by atoms with Crippen LogP contribution in [0.1, 0.15) is 36.7 Å². The van der Waals surface area contributed by atoms with Crippen molar-refractivity contribution in [2.75, 3.05) is 23.8 Å². The second-order valence-corrected chi connectivity index (χ2v) is 8.48. The molecule has 0 saturated carbocycles. The summed E-state index contributed by atoms with van der Waals surface area (Å²) in [6, 6.07) is 20.5. The number of carbonyl (C=O) groups is 2. The molecule has 35 heavy (non-hydrogen) atoms. The third kappa shape index (κ3) is 8.22. The Hall–Kier alpha value is -3.71. The zero-order valence-corrected chi connectivity index (χ0v) is 20.8. The van der Waals surface area contributed by atoms with E-state index in [1.807, 2.05) is 74.5 Å². The van der Waals surface area contributed by atoms with Gasteiger partial charge in [0.2, 0.25) is 0 Å². The van der Waals surface area contributed by atoms with Gasteiger partial charge in [-0.1, -0.05) is 23.7 Å². The third-order valence-corrected chi connectivity index (χ3v) is 5.13. The molecule has 0 unspecified atom stereocenters. The van der Waals surface area contributed by atoms with E-state index in [0.29, 0.717) is 22.8 Å². The second kappa shape index (κ2) is 12.7. The Morgan fingerprint density at radius 3 is 2.29 bits per heavy atom. The molecular weight excluding hydrogens is 466 g/mol. The molecule has 1 amide bonds. The average molecular weight is 496 g/mol. The van der Waals surface area contributed by atoms with Crippen molar-refractivity contribution in [2.24, 2.45) is 0 Å². The number of hydrogen-bond acceptors (Lipinski definition) is 6. The minimum Gasteiger partial charge on any atom is -0.491 e. The molecule has 0 fully saturated rings. The first-order valence-corrected chi connectivity index (χ1v) is 11.8. The van der Waals surface area contributed by atoms with Crippen molar-refractivity contribution in [3.8, 4) is 5.75 Å². The van der Waals surface area contributed by atoms with E-state index in [-0.39, 0.29) is 25.2 Å². The van der Waals surface area contributed by atoms with Gasteiger partial charge in [-0.25, -0.2) is 0 Å². The van der Waals surface area contributed by atoms with Gasteiger partial charge in [0, 0.05) is 28.6 Å². The van der Waals surface area contributed by atoms with Crippen molar-refractivity contribution in [3.63, 3.8) is 0 Å². The zero-order chi connectivity index (χ0) is 25.2. The highest BCUT2D eigenvalue weighted by Gasteiger charge is 2.15. The van der Waals surface area contributed by atoms with E-state index in [9.17, 15) is 9.59 Å². The average Bonchev–Trinajstić information content (AvgIpc) is 2.84. The summed E-state index contributed by atoms with van der Waals surface area (Å²) >= 11 is 5.97. The van der Waals surface area contributed by atoms with Crippen LogP contribution in [-0.4, -0.2) is 31.1 Å². The van der Waals surface area contributed by atoms with Gasteiger partial charge >= 0.3 is 5.97 Å². The number of hydrogen-bond donors (Lipinski definition) is 3. The first-order valence-electron chi connectivity index (χ1n) is 11.4. The van der Waals surface area contributed by atoms with E-state index >= 15 is 0 Å². The third-order valence-electron chi connectivity index (χ3n) is 4.87. The molecule has 0 atom stereocenters. The predicted octanol–water partition coefficient (Wildman–Crippen LogP) is 5.78. The van der Waals surface area contributed by atoms with Crippen molar-refractivity contribution in [2.45, 2.75) is 33.4 Å². The van der Waals surface area contributed by atoms with E-state index in [2.05, 4.69) is 16.0 Å². The molecule has 3 N–H and O–H groups in total. The van der Waals surface area contributed by atoms with E-state index in [4.69, 9.17) is 21.1 Å². The lowest BCUT2D eigenvalue weighted by Crippen LogP contribution is -2.31. The fourth-order valence-corrected chi connectivity index (χ4v) is 3.40. The Morgan fingerprint density at radius 1 is 0.943 bits per heavy atom. The molecule has 0 aliphatic carbocycles. The standard InChI is InChI=1S/C27H30ClN3O4/c1-4-34-26(32)17-30-27(33)24-15-22(31-21-9-12-23(13-10-21)35-18(2)3)11-14-25(24)29-16-19-5-7-20(28)8-6-19/h5-15,18,29,31H,4,16-17H2,1-3H3,(H,30,33). The molecule has 0 radical (unpaired) electrons. The molecule has 7 nitrogen and oxygen atoms in total. The summed E-state index contributed by atoms with van der Waals surface area (Å²) in [5.41, 5.74) is 3.61. The Morgan fingerprint density at radius 2 is 1.63 bits per heavy atom. The summed E-state index contributed by atoms with van der Waals surface area (Å²) < 4.78 is 10.6. The summed E-state index contributed by atoms with van der Waals surface area (Å²) in [5.74, 6) is -0.0955. The van der Waals surface area contributed by atoms with Crippen LogP contribution in [0.3, 0.4) is 0 Å². The smallest absolute Gasteiger partial charge is 0.325 e. The van der Waals surface area contributed by atoms with Crippen LogP contribution in [0.2, 0.25) is 5.02 Å². The van der Waals surface area contributed by atoms with Crippen LogP contribution in [0.25, 0.3) is 0 Å². The van der Waals surface area contributed by atoms with Gasteiger partial charge in [0.1, 0.15) is 12.3 Å². The fraction of sp³-hybridized carbons (Fsp3) is 0.259. The molecule has 0 bridgehead atoms. The van der Waals surface area contributed by atoms with Crippen LogP contribution < -0.4 is 20.7 Å². The Bertz CT molecular complexity index is 1130. The Kier molecular flexibility index (Phi) is 9.38. The van der Waals surface area contributed by atoms with E-state index in [1.54, 1.807) is 13.0 Å². The van der Waals surface area contributed by atoms with Crippen LogP contribution in [0.5, 0.6) is 5.75 Å². The largest absolute Gasteiger partial charge is 0.491 e. The molecule has 0 heterocycles. The van der Waals surface area contributed by atoms with Crippen LogP contribution in [-0.2, 0) is 16.1 Å². The highest BCUT2D eigenvalue weighted by atomic mass is 35.5. The molecule has 184 valence electrons. The molecule has 0 aliphatic heterocycles. The van der Waals surface area contributed by atoms with Crippen molar-refractivity contribution in [3.05, 3.63) is 82.9 Å². The van der Waals surface area contributed by atoms with Crippen LogP contribution >= 0.6 is 11.6 Å². The predicted molar refractivity (Wildman–Crippen MR) is 140 cm³/mol. The monoisotopic (exact) mass is 495 g/mol. The van der Waals surface area contributed by atoms with Gasteiger partial charge in [-0.2, -0.15) is 0 Å². The van der Waals surface area contributed by atoms with Gasteiger partial charge in [0.05, 0.1) is 18.3 Å². The van der Waals surface area contributed by atoms with E-state index < -0.39 is 5.97 Å². The normalized spacial score (nSPS) is 10.5. The summed E-state index contributed by atoms with van der Waals surface area (Å²) in [6.45, 7) is 6.21. The minimum atomic E-state index is -0.491. The van der Waals surface area contributed by atoms with E-state index in [0.717, 1.165) is 22.7 Å². The van der Waals surface area contributed by atoms with Crippen molar-refractivity contribution >= 4 is 40.5 Å². The minimum absolute atomic E-state index is 0.0948. The van der Waals surface area contributed by atoms with Crippen LogP contribution in [0.4, 0.5) is 17.1 Å². The topological polar surface area (TPSA) is 88.7 Å². The Labute approximate surface area is 210 Å². The first kappa shape index (κ1) is 25.9. The van der Waals surface area contributed by atoms with Gasteiger partial charge in [-0.15, -0.1) is 0 Å². The molecule has 3 rings (SSSR count). The maximum Gasteiger partial charge on any atom is 0.325 e. The number of halogens is 1. The van der Waals surface area contributed by atoms with Gasteiger partial charge in [0.25, 0.3) is 5.91 Å². The lowest BCUT2D eigenvalue weighted by atomic mass is 10.1. The highest BCUT2D eigenvalue weighted by molar-refractivity contribution is 6.30.